The summed E-state index contributed by atoms with van der Waals surface area (Å²) in [6, 6.07) is 6.06. The Morgan fingerprint density at radius 1 is 1.20 bits per heavy atom. The van der Waals surface area contributed by atoms with Gasteiger partial charge in [0.15, 0.2) is 0 Å². The standard InChI is InChI=1S/C16H20FNO2/c17-12-7-5-11(6-8-12)16(9-10-16)15(20)18-13-3-1-2-4-14(13)19/h5-8,13-14,19H,1-4,9-10H2,(H,18,20)/t13-,14-/m0/s1. The van der Waals surface area contributed by atoms with Gasteiger partial charge in [-0.2, -0.15) is 0 Å². The molecule has 2 N–H and O–H groups in total. The summed E-state index contributed by atoms with van der Waals surface area (Å²) in [6.45, 7) is 0. The fourth-order valence-corrected chi connectivity index (χ4v) is 3.13. The SMILES string of the molecule is O=C(N[C@H]1CCCC[C@@H]1O)C1(c2ccc(F)cc2)CC1. The second kappa shape index (κ2) is 5.17. The Morgan fingerprint density at radius 2 is 1.85 bits per heavy atom. The average Bonchev–Trinajstić information content (AvgIpc) is 3.24. The van der Waals surface area contributed by atoms with Crippen LogP contribution in [0.2, 0.25) is 0 Å². The van der Waals surface area contributed by atoms with Gasteiger partial charge in [0.05, 0.1) is 17.6 Å². The van der Waals surface area contributed by atoms with Crippen molar-refractivity contribution in [2.24, 2.45) is 0 Å². The van der Waals surface area contributed by atoms with Gasteiger partial charge in [0.1, 0.15) is 5.82 Å². The number of aliphatic hydroxyl groups excluding tert-OH is 1. The molecule has 1 aromatic carbocycles. The molecule has 0 heterocycles. The summed E-state index contributed by atoms with van der Waals surface area (Å²) in [4.78, 5) is 12.5. The minimum atomic E-state index is -0.495. The summed E-state index contributed by atoms with van der Waals surface area (Å²) >= 11 is 0. The molecular formula is C16H20FNO2. The maximum atomic E-state index is 13.0. The first kappa shape index (κ1) is 13.6. The molecular weight excluding hydrogens is 257 g/mol. The zero-order valence-electron chi connectivity index (χ0n) is 11.4. The number of aliphatic hydroxyl groups is 1. The smallest absolute Gasteiger partial charge is 0.230 e. The molecule has 0 saturated heterocycles. The van der Waals surface area contributed by atoms with E-state index in [0.717, 1.165) is 44.1 Å². The van der Waals surface area contributed by atoms with Crippen molar-refractivity contribution in [2.75, 3.05) is 0 Å². The third kappa shape index (κ3) is 2.44. The number of halogens is 1. The fraction of sp³-hybridized carbons (Fsp3) is 0.562. The Labute approximate surface area is 118 Å². The molecule has 1 amide bonds. The van der Waals surface area contributed by atoms with E-state index in [1.165, 1.54) is 12.1 Å². The second-order valence-electron chi connectivity index (χ2n) is 6.02. The number of carbonyl (C=O) groups excluding carboxylic acids is 1. The second-order valence-corrected chi connectivity index (χ2v) is 6.02. The summed E-state index contributed by atoms with van der Waals surface area (Å²) < 4.78 is 13.0. The normalized spacial score (nSPS) is 27.9. The van der Waals surface area contributed by atoms with E-state index in [0.29, 0.717) is 0 Å². The van der Waals surface area contributed by atoms with Gasteiger partial charge >= 0.3 is 0 Å². The molecule has 1 aromatic rings. The van der Waals surface area contributed by atoms with Crippen LogP contribution in [0.3, 0.4) is 0 Å². The Kier molecular flexibility index (Phi) is 3.50. The van der Waals surface area contributed by atoms with E-state index in [1.807, 2.05) is 0 Å². The van der Waals surface area contributed by atoms with Crippen LogP contribution in [0.15, 0.2) is 24.3 Å². The molecule has 2 atom stereocenters. The third-order valence-electron chi connectivity index (χ3n) is 4.63. The van der Waals surface area contributed by atoms with E-state index in [1.54, 1.807) is 12.1 Å². The van der Waals surface area contributed by atoms with Crippen LogP contribution in [0.4, 0.5) is 4.39 Å². The van der Waals surface area contributed by atoms with E-state index < -0.39 is 11.5 Å². The van der Waals surface area contributed by atoms with Crippen molar-refractivity contribution in [2.45, 2.75) is 56.1 Å². The van der Waals surface area contributed by atoms with Crippen LogP contribution < -0.4 is 5.32 Å². The monoisotopic (exact) mass is 277 g/mol. The topological polar surface area (TPSA) is 49.3 Å². The van der Waals surface area contributed by atoms with Crippen LogP contribution in [0.1, 0.15) is 44.1 Å². The Hall–Kier alpha value is -1.42. The molecule has 0 bridgehead atoms. The first-order valence-corrected chi connectivity index (χ1v) is 7.37. The Bertz CT molecular complexity index is 496. The van der Waals surface area contributed by atoms with Gasteiger partial charge in [-0.3, -0.25) is 4.79 Å². The number of hydrogen-bond acceptors (Lipinski definition) is 2. The number of carbonyl (C=O) groups is 1. The molecule has 2 fully saturated rings. The van der Waals surface area contributed by atoms with E-state index in [9.17, 15) is 14.3 Å². The minimum Gasteiger partial charge on any atom is -0.391 e. The van der Waals surface area contributed by atoms with E-state index >= 15 is 0 Å². The molecule has 20 heavy (non-hydrogen) atoms. The first-order chi connectivity index (χ1) is 9.62. The molecule has 0 radical (unpaired) electrons. The lowest BCUT2D eigenvalue weighted by atomic mass is 9.90. The Morgan fingerprint density at radius 3 is 2.45 bits per heavy atom. The van der Waals surface area contributed by atoms with Crippen LogP contribution in [-0.4, -0.2) is 23.2 Å². The van der Waals surface area contributed by atoms with Gasteiger partial charge in [-0.25, -0.2) is 4.39 Å². The van der Waals surface area contributed by atoms with Gasteiger partial charge in [0.25, 0.3) is 0 Å². The number of nitrogens with one attached hydrogen (secondary N) is 1. The quantitative estimate of drug-likeness (QED) is 0.890. The van der Waals surface area contributed by atoms with Crippen LogP contribution in [0.5, 0.6) is 0 Å². The zero-order chi connectivity index (χ0) is 14.2. The van der Waals surface area contributed by atoms with Gasteiger partial charge in [-0.05, 0) is 43.4 Å². The molecule has 3 nitrogen and oxygen atoms in total. The molecule has 108 valence electrons. The van der Waals surface area contributed by atoms with Crippen molar-refractivity contribution < 1.29 is 14.3 Å². The van der Waals surface area contributed by atoms with Gasteiger partial charge in [-0.1, -0.05) is 25.0 Å². The van der Waals surface area contributed by atoms with Gasteiger partial charge in [0, 0.05) is 0 Å². The first-order valence-electron chi connectivity index (χ1n) is 7.37. The minimum absolute atomic E-state index is 0.0185. The lowest BCUT2D eigenvalue weighted by Crippen LogP contribution is -2.48. The van der Waals surface area contributed by atoms with Crippen molar-refractivity contribution in [3.05, 3.63) is 35.6 Å². The number of rotatable bonds is 3. The largest absolute Gasteiger partial charge is 0.391 e. The highest BCUT2D eigenvalue weighted by Crippen LogP contribution is 2.48. The summed E-state index contributed by atoms with van der Waals surface area (Å²) in [7, 11) is 0. The van der Waals surface area contributed by atoms with Crippen LogP contribution in [0, 0.1) is 5.82 Å². The number of benzene rings is 1. The molecule has 4 heteroatoms. The molecule has 2 aliphatic rings. The predicted octanol–water partition coefficient (Wildman–Crippen LogP) is 2.28. The number of hydrogen-bond donors (Lipinski definition) is 2. The summed E-state index contributed by atoms with van der Waals surface area (Å²) in [5.41, 5.74) is 0.381. The number of amides is 1. The zero-order valence-corrected chi connectivity index (χ0v) is 11.4. The lowest BCUT2D eigenvalue weighted by molar-refractivity contribution is -0.125. The maximum absolute atomic E-state index is 13.0. The highest BCUT2D eigenvalue weighted by molar-refractivity contribution is 5.91. The summed E-state index contributed by atoms with van der Waals surface area (Å²) in [6.07, 6.45) is 4.83. The van der Waals surface area contributed by atoms with E-state index in [4.69, 9.17) is 0 Å². The Balaban J connectivity index is 1.71. The van der Waals surface area contributed by atoms with Crippen LogP contribution in [-0.2, 0) is 10.2 Å². The van der Waals surface area contributed by atoms with Gasteiger partial charge in [-0.15, -0.1) is 0 Å². The van der Waals surface area contributed by atoms with Crippen molar-refractivity contribution in [3.63, 3.8) is 0 Å². The van der Waals surface area contributed by atoms with Crippen molar-refractivity contribution >= 4 is 5.91 Å². The molecule has 3 rings (SSSR count). The molecule has 0 unspecified atom stereocenters. The average molecular weight is 277 g/mol. The summed E-state index contributed by atoms with van der Waals surface area (Å²) in [5.74, 6) is -0.303. The van der Waals surface area contributed by atoms with Crippen molar-refractivity contribution in [3.8, 4) is 0 Å². The van der Waals surface area contributed by atoms with Crippen molar-refractivity contribution in [1.82, 2.24) is 5.32 Å². The molecule has 0 aromatic heterocycles. The van der Waals surface area contributed by atoms with Crippen LogP contribution in [0.25, 0.3) is 0 Å². The molecule has 0 spiro atoms. The maximum Gasteiger partial charge on any atom is 0.230 e. The van der Waals surface area contributed by atoms with Crippen molar-refractivity contribution in [1.29, 1.82) is 0 Å². The third-order valence-corrected chi connectivity index (χ3v) is 4.63. The van der Waals surface area contributed by atoms with Gasteiger partial charge in [0.2, 0.25) is 5.91 Å². The highest BCUT2D eigenvalue weighted by Gasteiger charge is 2.51. The van der Waals surface area contributed by atoms with E-state index in [2.05, 4.69) is 5.32 Å². The molecule has 2 aliphatic carbocycles. The van der Waals surface area contributed by atoms with Gasteiger partial charge < -0.3 is 10.4 Å². The predicted molar refractivity (Wildman–Crippen MR) is 73.7 cm³/mol. The summed E-state index contributed by atoms with van der Waals surface area (Å²) in [5, 5.41) is 12.9. The van der Waals surface area contributed by atoms with E-state index in [-0.39, 0.29) is 17.8 Å². The van der Waals surface area contributed by atoms with Crippen LogP contribution >= 0.6 is 0 Å². The highest BCUT2D eigenvalue weighted by atomic mass is 19.1. The lowest BCUT2D eigenvalue weighted by Gasteiger charge is -2.30. The molecule has 0 aliphatic heterocycles. The fourth-order valence-electron chi connectivity index (χ4n) is 3.13. The molecule has 2 saturated carbocycles.